The third kappa shape index (κ3) is 1.52. The molecule has 0 aliphatic heterocycles. The quantitative estimate of drug-likeness (QED) is 0.622. The first-order valence-corrected chi connectivity index (χ1v) is 5.07. The first-order valence-electron chi connectivity index (χ1n) is 5.07. The van der Waals surface area contributed by atoms with E-state index in [0.29, 0.717) is 0 Å². The van der Waals surface area contributed by atoms with Crippen molar-refractivity contribution in [1.82, 2.24) is 20.2 Å². The van der Waals surface area contributed by atoms with Crippen molar-refractivity contribution >= 4 is 16.6 Å². The second-order valence-electron chi connectivity index (χ2n) is 3.57. The Kier molecular flexibility index (Phi) is 2.07. The van der Waals surface area contributed by atoms with E-state index in [-0.39, 0.29) is 0 Å². The van der Waals surface area contributed by atoms with E-state index >= 15 is 0 Å². The van der Waals surface area contributed by atoms with Crippen LogP contribution >= 0.6 is 0 Å². The van der Waals surface area contributed by atoms with Crippen molar-refractivity contribution in [2.24, 2.45) is 0 Å². The standard InChI is InChI=1S/C11H11N5/c1-2-10(9-6-15-16-11(9)3-1)13-5-8-4-12-7-14-8/h1-4,6-7,13H,5H2,(H,12,14)(H,15,16). The monoisotopic (exact) mass is 213 g/mol. The number of rotatable bonds is 3. The zero-order valence-electron chi connectivity index (χ0n) is 8.57. The zero-order chi connectivity index (χ0) is 10.8. The van der Waals surface area contributed by atoms with E-state index in [1.165, 1.54) is 0 Å². The molecule has 2 heterocycles. The fraction of sp³-hybridized carbons (Fsp3) is 0.0909. The van der Waals surface area contributed by atoms with Gasteiger partial charge < -0.3 is 10.3 Å². The van der Waals surface area contributed by atoms with Crippen molar-refractivity contribution in [3.8, 4) is 0 Å². The van der Waals surface area contributed by atoms with E-state index in [1.807, 2.05) is 30.6 Å². The lowest BCUT2D eigenvalue weighted by atomic mass is 10.2. The number of imidazole rings is 1. The molecule has 0 amide bonds. The van der Waals surface area contributed by atoms with Crippen molar-refractivity contribution in [2.75, 3.05) is 5.32 Å². The molecule has 5 nitrogen and oxygen atoms in total. The molecule has 5 heteroatoms. The van der Waals surface area contributed by atoms with Gasteiger partial charge >= 0.3 is 0 Å². The van der Waals surface area contributed by atoms with E-state index in [4.69, 9.17) is 0 Å². The Morgan fingerprint density at radius 1 is 1.25 bits per heavy atom. The molecular weight excluding hydrogens is 202 g/mol. The van der Waals surface area contributed by atoms with E-state index in [9.17, 15) is 0 Å². The summed E-state index contributed by atoms with van der Waals surface area (Å²) in [5.41, 5.74) is 3.16. The van der Waals surface area contributed by atoms with Crippen LogP contribution in [0.2, 0.25) is 0 Å². The number of aromatic amines is 2. The minimum absolute atomic E-state index is 0.726. The molecule has 0 atom stereocenters. The molecule has 16 heavy (non-hydrogen) atoms. The van der Waals surface area contributed by atoms with Crippen LogP contribution in [-0.4, -0.2) is 20.2 Å². The highest BCUT2D eigenvalue weighted by Crippen LogP contribution is 2.21. The van der Waals surface area contributed by atoms with Crippen LogP contribution < -0.4 is 5.32 Å². The minimum Gasteiger partial charge on any atom is -0.379 e. The van der Waals surface area contributed by atoms with Crippen LogP contribution in [0.4, 0.5) is 5.69 Å². The topological polar surface area (TPSA) is 69.4 Å². The number of aromatic nitrogens is 4. The second kappa shape index (κ2) is 3.69. The van der Waals surface area contributed by atoms with Crippen molar-refractivity contribution in [2.45, 2.75) is 6.54 Å². The molecule has 0 saturated heterocycles. The van der Waals surface area contributed by atoms with Crippen LogP contribution in [0.15, 0.2) is 36.9 Å². The molecule has 0 spiro atoms. The van der Waals surface area contributed by atoms with Gasteiger partial charge in [0.2, 0.25) is 0 Å². The number of H-pyrrole nitrogens is 2. The van der Waals surface area contributed by atoms with Crippen molar-refractivity contribution in [3.05, 3.63) is 42.6 Å². The van der Waals surface area contributed by atoms with Gasteiger partial charge in [-0.25, -0.2) is 4.98 Å². The largest absolute Gasteiger partial charge is 0.379 e. The smallest absolute Gasteiger partial charge is 0.0922 e. The maximum atomic E-state index is 4.02. The molecule has 0 fully saturated rings. The van der Waals surface area contributed by atoms with Crippen molar-refractivity contribution in [3.63, 3.8) is 0 Å². The number of fused-ring (bicyclic) bond motifs is 1. The summed E-state index contributed by atoms with van der Waals surface area (Å²) in [4.78, 5) is 7.02. The molecule has 80 valence electrons. The molecule has 3 rings (SSSR count). The van der Waals surface area contributed by atoms with E-state index in [0.717, 1.165) is 28.8 Å². The average Bonchev–Trinajstić information content (AvgIpc) is 2.97. The van der Waals surface area contributed by atoms with Gasteiger partial charge in [0.25, 0.3) is 0 Å². The molecular formula is C11H11N5. The number of benzene rings is 1. The van der Waals surface area contributed by atoms with Crippen LogP contribution in [-0.2, 0) is 6.54 Å². The van der Waals surface area contributed by atoms with Crippen LogP contribution in [0, 0.1) is 0 Å². The fourth-order valence-corrected chi connectivity index (χ4v) is 1.69. The predicted octanol–water partition coefficient (Wildman–Crippen LogP) is 1.90. The summed E-state index contributed by atoms with van der Waals surface area (Å²) in [5.74, 6) is 0. The highest BCUT2D eigenvalue weighted by Gasteiger charge is 2.01. The molecule has 2 aromatic heterocycles. The highest BCUT2D eigenvalue weighted by molar-refractivity contribution is 5.90. The summed E-state index contributed by atoms with van der Waals surface area (Å²) in [7, 11) is 0. The molecule has 0 bridgehead atoms. The second-order valence-corrected chi connectivity index (χ2v) is 3.57. The van der Waals surface area contributed by atoms with Gasteiger partial charge in [-0.05, 0) is 12.1 Å². The SMILES string of the molecule is c1cc(NCc2cnc[nH]2)c2cn[nH]c2c1. The first-order chi connectivity index (χ1) is 7.93. The summed E-state index contributed by atoms with van der Waals surface area (Å²) >= 11 is 0. The third-order valence-corrected chi connectivity index (χ3v) is 2.51. The lowest BCUT2D eigenvalue weighted by Gasteiger charge is -2.05. The fourth-order valence-electron chi connectivity index (χ4n) is 1.69. The third-order valence-electron chi connectivity index (χ3n) is 2.51. The van der Waals surface area contributed by atoms with Gasteiger partial charge in [0, 0.05) is 17.3 Å². The van der Waals surface area contributed by atoms with E-state index < -0.39 is 0 Å². The molecule has 0 aliphatic carbocycles. The van der Waals surface area contributed by atoms with Crippen molar-refractivity contribution in [1.29, 1.82) is 0 Å². The Hall–Kier alpha value is -2.30. The molecule has 3 aromatic rings. The summed E-state index contributed by atoms with van der Waals surface area (Å²) < 4.78 is 0. The number of anilines is 1. The van der Waals surface area contributed by atoms with Crippen molar-refractivity contribution < 1.29 is 0 Å². The van der Waals surface area contributed by atoms with Gasteiger partial charge in [-0.15, -0.1) is 0 Å². The highest BCUT2D eigenvalue weighted by atomic mass is 15.1. The van der Waals surface area contributed by atoms with Crippen LogP contribution in [0.1, 0.15) is 5.69 Å². The Balaban J connectivity index is 1.86. The Bertz CT molecular complexity index is 581. The van der Waals surface area contributed by atoms with Gasteiger partial charge in [0.05, 0.1) is 30.3 Å². The van der Waals surface area contributed by atoms with Gasteiger partial charge in [0.1, 0.15) is 0 Å². The molecule has 0 radical (unpaired) electrons. The number of hydrogen-bond donors (Lipinski definition) is 3. The first kappa shape index (κ1) is 8.96. The average molecular weight is 213 g/mol. The Morgan fingerprint density at radius 3 is 3.12 bits per heavy atom. The molecule has 0 aliphatic rings. The lowest BCUT2D eigenvalue weighted by Crippen LogP contribution is -1.99. The molecule has 0 unspecified atom stereocenters. The summed E-state index contributed by atoms with van der Waals surface area (Å²) in [6.07, 6.45) is 5.31. The molecule has 1 aromatic carbocycles. The van der Waals surface area contributed by atoms with Gasteiger partial charge in [-0.3, -0.25) is 5.10 Å². The maximum absolute atomic E-state index is 4.02. The van der Waals surface area contributed by atoms with Gasteiger partial charge in [-0.1, -0.05) is 6.07 Å². The predicted molar refractivity (Wildman–Crippen MR) is 62.0 cm³/mol. The van der Waals surface area contributed by atoms with Gasteiger partial charge in [0.15, 0.2) is 0 Å². The zero-order valence-corrected chi connectivity index (χ0v) is 8.57. The number of nitrogens with one attached hydrogen (secondary N) is 3. The van der Waals surface area contributed by atoms with E-state index in [2.05, 4.69) is 25.5 Å². The molecule has 0 saturated carbocycles. The van der Waals surface area contributed by atoms with Crippen LogP contribution in [0.3, 0.4) is 0 Å². The summed E-state index contributed by atoms with van der Waals surface area (Å²) in [6.45, 7) is 0.726. The van der Waals surface area contributed by atoms with Crippen LogP contribution in [0.25, 0.3) is 10.9 Å². The maximum Gasteiger partial charge on any atom is 0.0922 e. The van der Waals surface area contributed by atoms with Gasteiger partial charge in [-0.2, -0.15) is 5.10 Å². The Morgan fingerprint density at radius 2 is 2.25 bits per heavy atom. The summed E-state index contributed by atoms with van der Waals surface area (Å²) in [6, 6.07) is 6.04. The van der Waals surface area contributed by atoms with Crippen LogP contribution in [0.5, 0.6) is 0 Å². The summed E-state index contributed by atoms with van der Waals surface area (Å²) in [5, 5.41) is 11.4. The Labute approximate surface area is 91.9 Å². The normalized spacial score (nSPS) is 10.8. The van der Waals surface area contributed by atoms with E-state index in [1.54, 1.807) is 6.33 Å². The number of hydrogen-bond acceptors (Lipinski definition) is 3. The minimum atomic E-state index is 0.726. The lowest BCUT2D eigenvalue weighted by molar-refractivity contribution is 1.08. The molecule has 3 N–H and O–H groups in total. The number of nitrogens with zero attached hydrogens (tertiary/aromatic N) is 2.